The summed E-state index contributed by atoms with van der Waals surface area (Å²) in [6.45, 7) is 3.01. The molecule has 0 fully saturated rings. The largest absolute Gasteiger partial charge is 0.476 e. The minimum absolute atomic E-state index is 0.0788. The molecule has 0 bridgehead atoms. The molecule has 0 radical (unpaired) electrons. The Morgan fingerprint density at radius 3 is 2.76 bits per heavy atom. The first-order chi connectivity index (χ1) is 9.93. The highest BCUT2D eigenvalue weighted by Gasteiger charge is 2.24. The van der Waals surface area contributed by atoms with Crippen LogP contribution in [0.3, 0.4) is 0 Å². The van der Waals surface area contributed by atoms with Crippen LogP contribution in [0.4, 0.5) is 0 Å². The number of carboxylic acid groups (broad SMARTS) is 1. The van der Waals surface area contributed by atoms with Crippen LogP contribution >= 0.6 is 0 Å². The highest BCUT2D eigenvalue weighted by atomic mass is 16.4. The van der Waals surface area contributed by atoms with Crippen LogP contribution in [0, 0.1) is 0 Å². The quantitative estimate of drug-likeness (QED) is 0.871. The molecule has 0 saturated carbocycles. The van der Waals surface area contributed by atoms with E-state index in [4.69, 9.17) is 5.11 Å². The average Bonchev–Trinajstić information content (AvgIpc) is 3.03. The summed E-state index contributed by atoms with van der Waals surface area (Å²) in [6, 6.07) is 1.83. The Balaban J connectivity index is 2.22. The monoisotopic (exact) mass is 291 g/mol. The lowest BCUT2D eigenvalue weighted by Crippen LogP contribution is -2.28. The van der Waals surface area contributed by atoms with E-state index >= 15 is 0 Å². The summed E-state index contributed by atoms with van der Waals surface area (Å²) >= 11 is 0. The Morgan fingerprint density at radius 2 is 2.14 bits per heavy atom. The van der Waals surface area contributed by atoms with Gasteiger partial charge in [-0.25, -0.2) is 4.79 Å². The number of aromatic carboxylic acids is 1. The number of nitrogens with zero attached hydrogens (tertiary/aromatic N) is 5. The normalized spacial score (nSPS) is 10.6. The van der Waals surface area contributed by atoms with Gasteiger partial charge in [0, 0.05) is 33.0 Å². The number of carboxylic acids is 1. The van der Waals surface area contributed by atoms with Crippen molar-refractivity contribution in [3.8, 4) is 0 Å². The first-order valence-corrected chi connectivity index (χ1v) is 6.47. The molecule has 8 nitrogen and oxygen atoms in total. The fourth-order valence-corrected chi connectivity index (χ4v) is 2.10. The molecular weight excluding hydrogens is 274 g/mol. The maximum Gasteiger partial charge on any atom is 0.357 e. The lowest BCUT2D eigenvalue weighted by atomic mass is 10.2. The van der Waals surface area contributed by atoms with Crippen LogP contribution in [0.2, 0.25) is 0 Å². The Labute approximate surface area is 121 Å². The van der Waals surface area contributed by atoms with E-state index < -0.39 is 5.97 Å². The van der Waals surface area contributed by atoms with Crippen molar-refractivity contribution in [2.75, 3.05) is 7.05 Å². The number of rotatable bonds is 5. The molecule has 1 amide bonds. The summed E-state index contributed by atoms with van der Waals surface area (Å²) in [5.41, 5.74) is 0.725. The molecule has 112 valence electrons. The van der Waals surface area contributed by atoms with Crippen molar-refractivity contribution in [3.63, 3.8) is 0 Å². The molecular formula is C13H17N5O3. The molecule has 0 spiro atoms. The van der Waals surface area contributed by atoms with Gasteiger partial charge in [-0.1, -0.05) is 0 Å². The number of aryl methyl sites for hydroxylation is 2. The maximum atomic E-state index is 12.4. The highest BCUT2D eigenvalue weighted by Crippen LogP contribution is 2.12. The molecule has 0 aliphatic rings. The van der Waals surface area contributed by atoms with E-state index in [9.17, 15) is 9.59 Å². The minimum Gasteiger partial charge on any atom is -0.476 e. The first-order valence-electron chi connectivity index (χ1n) is 6.47. The van der Waals surface area contributed by atoms with Crippen molar-refractivity contribution in [2.45, 2.75) is 20.0 Å². The van der Waals surface area contributed by atoms with E-state index in [0.717, 1.165) is 5.69 Å². The average molecular weight is 291 g/mol. The van der Waals surface area contributed by atoms with Crippen LogP contribution in [0.25, 0.3) is 0 Å². The smallest absolute Gasteiger partial charge is 0.357 e. The van der Waals surface area contributed by atoms with Crippen LogP contribution in [-0.2, 0) is 20.1 Å². The fraction of sp³-hybridized carbons (Fsp3) is 0.385. The van der Waals surface area contributed by atoms with Gasteiger partial charge in [0.15, 0.2) is 5.69 Å². The predicted molar refractivity (Wildman–Crippen MR) is 73.9 cm³/mol. The topological polar surface area (TPSA) is 93.3 Å². The Bertz CT molecular complexity index is 673. The summed E-state index contributed by atoms with van der Waals surface area (Å²) < 4.78 is 3.10. The Kier molecular flexibility index (Phi) is 4.06. The van der Waals surface area contributed by atoms with Gasteiger partial charge in [-0.2, -0.15) is 10.2 Å². The summed E-state index contributed by atoms with van der Waals surface area (Å²) in [4.78, 5) is 25.0. The third-order valence-electron chi connectivity index (χ3n) is 3.11. The summed E-state index contributed by atoms with van der Waals surface area (Å²) in [6.07, 6.45) is 3.09. The molecule has 2 aromatic rings. The minimum atomic E-state index is -1.22. The zero-order valence-electron chi connectivity index (χ0n) is 12.1. The summed E-state index contributed by atoms with van der Waals surface area (Å²) in [5, 5.41) is 17.0. The number of hydrogen-bond donors (Lipinski definition) is 1. The van der Waals surface area contributed by atoms with Gasteiger partial charge in [0.1, 0.15) is 0 Å². The van der Waals surface area contributed by atoms with E-state index in [2.05, 4.69) is 10.2 Å². The second-order valence-electron chi connectivity index (χ2n) is 4.67. The van der Waals surface area contributed by atoms with Crippen molar-refractivity contribution in [3.05, 3.63) is 35.4 Å². The molecule has 21 heavy (non-hydrogen) atoms. The molecule has 0 aliphatic carbocycles. The van der Waals surface area contributed by atoms with E-state index in [1.807, 2.05) is 13.0 Å². The molecule has 0 unspecified atom stereocenters. The molecule has 0 aliphatic heterocycles. The van der Waals surface area contributed by atoms with Gasteiger partial charge in [0.05, 0.1) is 17.8 Å². The zero-order valence-corrected chi connectivity index (χ0v) is 12.1. The van der Waals surface area contributed by atoms with Crippen LogP contribution in [0.5, 0.6) is 0 Å². The number of carbonyl (C=O) groups is 2. The van der Waals surface area contributed by atoms with Crippen molar-refractivity contribution in [2.24, 2.45) is 7.05 Å². The second kappa shape index (κ2) is 5.78. The van der Waals surface area contributed by atoms with Crippen molar-refractivity contribution in [1.82, 2.24) is 24.5 Å². The number of amides is 1. The maximum absolute atomic E-state index is 12.4. The van der Waals surface area contributed by atoms with Crippen molar-refractivity contribution in [1.29, 1.82) is 0 Å². The Morgan fingerprint density at radius 1 is 1.43 bits per heavy atom. The van der Waals surface area contributed by atoms with Gasteiger partial charge in [0.2, 0.25) is 0 Å². The highest BCUT2D eigenvalue weighted by molar-refractivity contribution is 6.03. The fourth-order valence-electron chi connectivity index (χ4n) is 2.10. The van der Waals surface area contributed by atoms with Gasteiger partial charge in [-0.05, 0) is 13.0 Å². The summed E-state index contributed by atoms with van der Waals surface area (Å²) in [7, 11) is 3.20. The van der Waals surface area contributed by atoms with Gasteiger partial charge < -0.3 is 10.0 Å². The number of aromatic nitrogens is 4. The molecule has 0 saturated heterocycles. The predicted octanol–water partition coefficient (Wildman–Crippen LogP) is 0.607. The third kappa shape index (κ3) is 2.93. The Hall–Kier alpha value is -2.64. The van der Waals surface area contributed by atoms with Gasteiger partial charge in [0.25, 0.3) is 5.91 Å². The molecule has 0 aromatic carbocycles. The van der Waals surface area contributed by atoms with Gasteiger partial charge >= 0.3 is 5.97 Å². The zero-order chi connectivity index (χ0) is 15.6. The first kappa shape index (κ1) is 14.8. The second-order valence-corrected chi connectivity index (χ2v) is 4.67. The van der Waals surface area contributed by atoms with E-state index in [1.165, 1.54) is 15.8 Å². The molecule has 1 N–H and O–H groups in total. The van der Waals surface area contributed by atoms with Crippen LogP contribution in [0.1, 0.15) is 33.5 Å². The molecule has 2 heterocycles. The number of carbonyl (C=O) groups excluding carboxylic acids is 1. The lowest BCUT2D eigenvalue weighted by Gasteiger charge is -2.17. The molecule has 0 atom stereocenters. The van der Waals surface area contributed by atoms with Gasteiger partial charge in [-0.15, -0.1) is 0 Å². The van der Waals surface area contributed by atoms with E-state index in [-0.39, 0.29) is 17.2 Å². The molecule has 8 heteroatoms. The third-order valence-corrected chi connectivity index (χ3v) is 3.11. The van der Waals surface area contributed by atoms with Crippen LogP contribution in [-0.4, -0.2) is 48.5 Å². The molecule has 2 aromatic heterocycles. The number of hydrogen-bond acceptors (Lipinski definition) is 4. The summed E-state index contributed by atoms with van der Waals surface area (Å²) in [5.74, 6) is -1.60. The molecule has 2 rings (SSSR count). The van der Waals surface area contributed by atoms with Crippen molar-refractivity contribution < 1.29 is 14.7 Å². The van der Waals surface area contributed by atoms with Crippen LogP contribution < -0.4 is 0 Å². The standard InChI is InChI=1S/C13H17N5O3/c1-4-18-9(5-6-14-18)7-16(2)12(19)10-8-17(3)15-11(10)13(20)21/h5-6,8H,4,7H2,1-3H3,(H,20,21). The van der Waals surface area contributed by atoms with E-state index in [0.29, 0.717) is 13.1 Å². The van der Waals surface area contributed by atoms with Crippen molar-refractivity contribution >= 4 is 11.9 Å². The van der Waals surface area contributed by atoms with Gasteiger partial charge in [-0.3, -0.25) is 14.2 Å². The SMILES string of the molecule is CCn1nccc1CN(C)C(=O)c1cn(C)nc1C(=O)O. The lowest BCUT2D eigenvalue weighted by molar-refractivity contribution is 0.0674. The van der Waals surface area contributed by atoms with E-state index in [1.54, 1.807) is 25.0 Å². The van der Waals surface area contributed by atoms with Crippen LogP contribution in [0.15, 0.2) is 18.5 Å².